The molecule has 0 N–H and O–H groups in total. The van der Waals surface area contributed by atoms with E-state index in [1.165, 1.54) is 6.07 Å². The maximum atomic E-state index is 14.5. The molecule has 3 aromatic carbocycles. The van der Waals surface area contributed by atoms with Crippen molar-refractivity contribution in [2.24, 2.45) is 0 Å². The van der Waals surface area contributed by atoms with Gasteiger partial charge in [-0.25, -0.2) is 4.39 Å². The summed E-state index contributed by atoms with van der Waals surface area (Å²) in [6.45, 7) is 10.6. The van der Waals surface area contributed by atoms with Crippen LogP contribution in [0.15, 0.2) is 88.7 Å². The predicted molar refractivity (Wildman–Crippen MR) is 121 cm³/mol. The third kappa shape index (κ3) is 5.05. The Morgan fingerprint density at radius 3 is 1.97 bits per heavy atom. The van der Waals surface area contributed by atoms with E-state index in [1.54, 1.807) is 26.0 Å². The van der Waals surface area contributed by atoms with E-state index in [1.807, 2.05) is 36.4 Å². The lowest BCUT2D eigenvalue weighted by atomic mass is 10.0. The number of hydrogen-bond acceptors (Lipinski definition) is 4. The Labute approximate surface area is 177 Å². The molecule has 0 aliphatic heterocycles. The zero-order valence-electron chi connectivity index (χ0n) is 16.1. The van der Waals surface area contributed by atoms with Gasteiger partial charge in [-0.3, -0.25) is 9.59 Å². The Bertz CT molecular complexity index is 1160. The summed E-state index contributed by atoms with van der Waals surface area (Å²) in [5.41, 5.74) is 2.50. The van der Waals surface area contributed by atoms with Crippen LogP contribution in [0.4, 0.5) is 4.39 Å². The largest absolute Gasteiger partial charge is 0.282 e. The van der Waals surface area contributed by atoms with E-state index in [9.17, 15) is 14.0 Å². The smallest absolute Gasteiger partial charge is 0.219 e. The minimum atomic E-state index is -0.438. The molecule has 0 radical (unpaired) electrons. The summed E-state index contributed by atoms with van der Waals surface area (Å²) in [6.07, 6.45) is 0. The zero-order chi connectivity index (χ0) is 21.1. The molecule has 0 amide bonds. The molecule has 0 aliphatic rings. The molecular weight excluding hydrogens is 403 g/mol. The molecule has 0 fully saturated rings. The van der Waals surface area contributed by atoms with Crippen LogP contribution in [0, 0.1) is 5.82 Å². The van der Waals surface area contributed by atoms with Crippen molar-refractivity contribution in [2.75, 3.05) is 0 Å². The Hall–Kier alpha value is -2.63. The highest BCUT2D eigenvalue weighted by atomic mass is 32.2. The van der Waals surface area contributed by atoms with Crippen molar-refractivity contribution in [3.8, 4) is 11.1 Å². The van der Waals surface area contributed by atoms with Crippen LogP contribution >= 0.6 is 23.5 Å². The number of halogens is 1. The molecule has 29 heavy (non-hydrogen) atoms. The predicted octanol–water partition coefficient (Wildman–Crippen LogP) is 7.04. The first-order valence-electron chi connectivity index (χ1n) is 8.83. The summed E-state index contributed by atoms with van der Waals surface area (Å²) < 4.78 is 14.5. The number of carbonyl (C=O) groups excluding carboxylic acids is 2. The maximum Gasteiger partial charge on any atom is 0.219 e. The summed E-state index contributed by atoms with van der Waals surface area (Å²) in [7, 11) is 0. The first-order chi connectivity index (χ1) is 13.7. The number of carbonyl (C=O) groups is 2. The van der Waals surface area contributed by atoms with E-state index in [-0.39, 0.29) is 15.1 Å². The lowest BCUT2D eigenvalue weighted by Crippen LogP contribution is -1.93. The second-order valence-corrected chi connectivity index (χ2v) is 8.77. The molecule has 5 heteroatoms. The fourth-order valence-corrected chi connectivity index (χ4v) is 3.99. The van der Waals surface area contributed by atoms with Gasteiger partial charge < -0.3 is 0 Å². The third-order valence-corrected chi connectivity index (χ3v) is 6.30. The van der Waals surface area contributed by atoms with Crippen LogP contribution in [-0.2, 0) is 9.59 Å². The van der Waals surface area contributed by atoms with Crippen LogP contribution in [0.1, 0.15) is 13.8 Å². The van der Waals surface area contributed by atoms with Crippen LogP contribution in [0.3, 0.4) is 0 Å². The van der Waals surface area contributed by atoms with Gasteiger partial charge >= 0.3 is 0 Å². The summed E-state index contributed by atoms with van der Waals surface area (Å²) in [4.78, 5) is 24.8. The van der Waals surface area contributed by atoms with E-state index < -0.39 is 5.82 Å². The highest BCUT2D eigenvalue weighted by Crippen LogP contribution is 2.32. The second-order valence-electron chi connectivity index (χ2n) is 6.71. The lowest BCUT2D eigenvalue weighted by Gasteiger charge is -2.08. The van der Waals surface area contributed by atoms with Gasteiger partial charge in [-0.15, -0.1) is 0 Å². The highest BCUT2D eigenvalue weighted by Gasteiger charge is 2.12. The quantitative estimate of drug-likeness (QED) is 0.326. The molecule has 0 atom stereocenters. The van der Waals surface area contributed by atoms with Crippen LogP contribution in [0.5, 0.6) is 0 Å². The normalized spacial score (nSPS) is 10.7. The Morgan fingerprint density at radius 1 is 0.759 bits per heavy atom. The number of fused-ring (bicyclic) bond motifs is 1. The van der Waals surface area contributed by atoms with Gasteiger partial charge in [0.15, 0.2) is 0 Å². The van der Waals surface area contributed by atoms with Crippen molar-refractivity contribution in [3.63, 3.8) is 0 Å². The SMILES string of the molecule is C=C(C)C(=O)Sc1ccc2cc(-c3ccc(SC(=O)C(=C)C)c(F)c3)ccc2c1. The molecule has 2 nitrogen and oxygen atoms in total. The zero-order valence-corrected chi connectivity index (χ0v) is 17.8. The summed E-state index contributed by atoms with van der Waals surface area (Å²) in [6, 6.07) is 16.5. The van der Waals surface area contributed by atoms with Gasteiger partial charge in [0.2, 0.25) is 10.2 Å². The topological polar surface area (TPSA) is 34.1 Å². The average Bonchev–Trinajstić information content (AvgIpc) is 2.68. The van der Waals surface area contributed by atoms with Gasteiger partial charge in [-0.2, -0.15) is 0 Å². The van der Waals surface area contributed by atoms with Gasteiger partial charge in [0.25, 0.3) is 0 Å². The molecule has 0 bridgehead atoms. The monoisotopic (exact) mass is 422 g/mol. The molecule has 3 aromatic rings. The molecule has 0 heterocycles. The first-order valence-corrected chi connectivity index (χ1v) is 10.5. The second kappa shape index (κ2) is 8.80. The molecule has 0 aromatic heterocycles. The maximum absolute atomic E-state index is 14.5. The summed E-state index contributed by atoms with van der Waals surface area (Å²) in [5, 5.41) is 1.68. The standard InChI is InChI=1S/C24H19FO2S2/c1-14(2)23(26)28-20-9-7-17-11-16(5-6-18(17)12-20)19-8-10-22(21(25)13-19)29-24(27)15(3)4/h5-13H,1,3H2,2,4H3. The number of benzene rings is 3. The van der Waals surface area contributed by atoms with Crippen LogP contribution in [0.2, 0.25) is 0 Å². The molecule has 3 rings (SSSR count). The van der Waals surface area contributed by atoms with Crippen molar-refractivity contribution < 1.29 is 14.0 Å². The number of rotatable bonds is 5. The minimum Gasteiger partial charge on any atom is -0.282 e. The average molecular weight is 423 g/mol. The summed E-state index contributed by atoms with van der Waals surface area (Å²) >= 11 is 2.00. The fraction of sp³-hybridized carbons (Fsp3) is 0.0833. The van der Waals surface area contributed by atoms with E-state index >= 15 is 0 Å². The summed E-state index contributed by atoms with van der Waals surface area (Å²) in [5.74, 6) is -0.438. The van der Waals surface area contributed by atoms with E-state index in [4.69, 9.17) is 0 Å². The molecular formula is C24H19FO2S2. The van der Waals surface area contributed by atoms with Crippen molar-refractivity contribution in [1.82, 2.24) is 0 Å². The van der Waals surface area contributed by atoms with Crippen LogP contribution < -0.4 is 0 Å². The van der Waals surface area contributed by atoms with Crippen molar-refractivity contribution in [2.45, 2.75) is 23.6 Å². The Kier molecular flexibility index (Phi) is 6.40. The number of hydrogen-bond donors (Lipinski definition) is 0. The van der Waals surface area contributed by atoms with E-state index in [2.05, 4.69) is 13.2 Å². The van der Waals surface area contributed by atoms with Gasteiger partial charge in [0.05, 0.1) is 4.90 Å². The van der Waals surface area contributed by atoms with Crippen molar-refractivity contribution in [1.29, 1.82) is 0 Å². The van der Waals surface area contributed by atoms with E-state index in [0.29, 0.717) is 11.1 Å². The van der Waals surface area contributed by atoms with Gasteiger partial charge in [0, 0.05) is 4.90 Å². The molecule has 0 unspecified atom stereocenters. The van der Waals surface area contributed by atoms with E-state index in [0.717, 1.165) is 50.3 Å². The number of thioether (sulfide) groups is 2. The highest BCUT2D eigenvalue weighted by molar-refractivity contribution is 8.14. The van der Waals surface area contributed by atoms with Crippen LogP contribution in [-0.4, -0.2) is 10.2 Å². The molecule has 0 spiro atoms. The minimum absolute atomic E-state index is 0.0560. The fourth-order valence-electron chi connectivity index (χ4n) is 2.61. The molecule has 0 saturated heterocycles. The van der Waals surface area contributed by atoms with Crippen molar-refractivity contribution >= 4 is 44.5 Å². The van der Waals surface area contributed by atoms with Crippen LogP contribution in [0.25, 0.3) is 21.9 Å². The molecule has 0 saturated carbocycles. The molecule has 0 aliphatic carbocycles. The Morgan fingerprint density at radius 2 is 1.31 bits per heavy atom. The molecule has 146 valence electrons. The van der Waals surface area contributed by atoms with Gasteiger partial charge in [-0.05, 0) is 101 Å². The lowest BCUT2D eigenvalue weighted by molar-refractivity contribution is -0.108. The van der Waals surface area contributed by atoms with Gasteiger partial charge in [-0.1, -0.05) is 37.4 Å². The third-order valence-electron chi connectivity index (χ3n) is 4.19. The Balaban J connectivity index is 1.87. The van der Waals surface area contributed by atoms with Gasteiger partial charge in [0.1, 0.15) is 5.82 Å². The van der Waals surface area contributed by atoms with Crippen molar-refractivity contribution in [3.05, 3.63) is 84.7 Å². The first kappa shape index (κ1) is 21.1.